The highest BCUT2D eigenvalue weighted by molar-refractivity contribution is 7.09. The minimum atomic E-state index is 0.103. The van der Waals surface area contributed by atoms with Crippen LogP contribution in [0.5, 0.6) is 0 Å². The molecule has 2 aromatic rings. The first-order valence-electron chi connectivity index (χ1n) is 8.07. The zero-order chi connectivity index (χ0) is 16.7. The molecule has 2 N–H and O–H groups in total. The molecule has 0 atom stereocenters. The van der Waals surface area contributed by atoms with Crippen LogP contribution in [0.25, 0.3) is 0 Å². The van der Waals surface area contributed by atoms with Crippen LogP contribution in [0.1, 0.15) is 38.4 Å². The van der Waals surface area contributed by atoms with Gasteiger partial charge in [-0.3, -0.25) is 0 Å². The van der Waals surface area contributed by atoms with Gasteiger partial charge in [0.2, 0.25) is 0 Å². The van der Waals surface area contributed by atoms with Crippen LogP contribution in [0.2, 0.25) is 0 Å². The Bertz CT molecular complexity index is 607. The van der Waals surface area contributed by atoms with E-state index in [0.29, 0.717) is 6.54 Å². The Labute approximate surface area is 142 Å². The Balaban J connectivity index is 1.88. The quantitative estimate of drug-likeness (QED) is 0.631. The molecule has 23 heavy (non-hydrogen) atoms. The molecule has 0 aromatic carbocycles. The zero-order valence-corrected chi connectivity index (χ0v) is 15.3. The molecule has 0 aliphatic heterocycles. The van der Waals surface area contributed by atoms with Gasteiger partial charge in [0.05, 0.1) is 17.2 Å². The highest BCUT2D eigenvalue weighted by Crippen LogP contribution is 2.25. The fourth-order valence-corrected chi connectivity index (χ4v) is 2.95. The van der Waals surface area contributed by atoms with E-state index >= 15 is 0 Å². The van der Waals surface area contributed by atoms with Crippen molar-refractivity contribution >= 4 is 17.3 Å². The molecule has 2 heterocycles. The number of nitrogens with one attached hydrogen (secondary N) is 2. The molecule has 0 fully saturated rings. The molecule has 0 saturated heterocycles. The average molecular weight is 334 g/mol. The van der Waals surface area contributed by atoms with E-state index in [1.165, 1.54) is 0 Å². The number of aliphatic imine (C=N–C) groups is 1. The predicted molar refractivity (Wildman–Crippen MR) is 98.1 cm³/mol. The van der Waals surface area contributed by atoms with Crippen molar-refractivity contribution < 1.29 is 0 Å². The standard InChI is InChI=1S/C17H27N5S/c1-5-18-16(19-8-11-22-9-6-7-10-22)20-12-14-13-23-15(21-14)17(2,3)4/h6-7,9-10,13H,5,8,11-12H2,1-4H3,(H2,18,19,20). The lowest BCUT2D eigenvalue weighted by molar-refractivity contribution is 0.583. The fourth-order valence-electron chi connectivity index (χ4n) is 2.05. The fraction of sp³-hybridized carbons (Fsp3) is 0.529. The first kappa shape index (κ1) is 17.5. The SMILES string of the molecule is CCNC(=NCc1csc(C(C)(C)C)n1)NCCn1cccc1. The van der Waals surface area contributed by atoms with E-state index in [9.17, 15) is 0 Å². The van der Waals surface area contributed by atoms with Crippen LogP contribution in [0, 0.1) is 0 Å². The van der Waals surface area contributed by atoms with Gasteiger partial charge in [0.25, 0.3) is 0 Å². The number of hydrogen-bond donors (Lipinski definition) is 2. The predicted octanol–water partition coefficient (Wildman–Crippen LogP) is 3.00. The van der Waals surface area contributed by atoms with Crippen LogP contribution >= 0.6 is 11.3 Å². The number of guanidine groups is 1. The van der Waals surface area contributed by atoms with Gasteiger partial charge < -0.3 is 15.2 Å². The van der Waals surface area contributed by atoms with Gasteiger partial charge in [-0.25, -0.2) is 9.98 Å². The Kier molecular flexibility index (Phi) is 6.21. The number of aromatic nitrogens is 2. The van der Waals surface area contributed by atoms with Crippen molar-refractivity contribution in [1.29, 1.82) is 0 Å². The molecule has 0 bridgehead atoms. The molecule has 2 rings (SSSR count). The maximum absolute atomic E-state index is 4.69. The summed E-state index contributed by atoms with van der Waals surface area (Å²) in [5, 5.41) is 9.90. The van der Waals surface area contributed by atoms with Gasteiger partial charge in [0.15, 0.2) is 5.96 Å². The Hall–Kier alpha value is -1.82. The maximum atomic E-state index is 4.69. The summed E-state index contributed by atoms with van der Waals surface area (Å²) in [6.45, 7) is 11.8. The molecule has 0 spiro atoms. The monoisotopic (exact) mass is 333 g/mol. The topological polar surface area (TPSA) is 54.2 Å². The third-order valence-corrected chi connectivity index (χ3v) is 4.58. The normalized spacial score (nSPS) is 12.4. The van der Waals surface area contributed by atoms with E-state index in [4.69, 9.17) is 0 Å². The average Bonchev–Trinajstić information content (AvgIpc) is 3.15. The van der Waals surface area contributed by atoms with Crippen LogP contribution in [-0.4, -0.2) is 28.6 Å². The van der Waals surface area contributed by atoms with Crippen molar-refractivity contribution in [2.45, 2.75) is 46.2 Å². The smallest absolute Gasteiger partial charge is 0.191 e. The Morgan fingerprint density at radius 1 is 1.26 bits per heavy atom. The summed E-state index contributed by atoms with van der Waals surface area (Å²) in [5.41, 5.74) is 1.13. The minimum absolute atomic E-state index is 0.103. The van der Waals surface area contributed by atoms with Crippen molar-refractivity contribution in [3.63, 3.8) is 0 Å². The molecule has 126 valence electrons. The van der Waals surface area contributed by atoms with E-state index < -0.39 is 0 Å². The largest absolute Gasteiger partial charge is 0.357 e. The number of rotatable bonds is 6. The summed E-state index contributed by atoms with van der Waals surface area (Å²) in [7, 11) is 0. The lowest BCUT2D eigenvalue weighted by atomic mass is 9.98. The second-order valence-corrected chi connectivity index (χ2v) is 7.29. The summed E-state index contributed by atoms with van der Waals surface area (Å²) >= 11 is 1.71. The van der Waals surface area contributed by atoms with Gasteiger partial charge in [-0.15, -0.1) is 11.3 Å². The molecule has 0 aliphatic rings. The van der Waals surface area contributed by atoms with Crippen molar-refractivity contribution in [2.24, 2.45) is 4.99 Å². The van der Waals surface area contributed by atoms with Gasteiger partial charge in [-0.2, -0.15) is 0 Å². The second-order valence-electron chi connectivity index (χ2n) is 6.44. The lowest BCUT2D eigenvalue weighted by Crippen LogP contribution is -2.38. The Morgan fingerprint density at radius 3 is 2.61 bits per heavy atom. The summed E-state index contributed by atoms with van der Waals surface area (Å²) in [4.78, 5) is 9.31. The third-order valence-electron chi connectivity index (χ3n) is 3.27. The highest BCUT2D eigenvalue weighted by Gasteiger charge is 2.17. The Morgan fingerprint density at radius 2 is 2.00 bits per heavy atom. The van der Waals surface area contributed by atoms with E-state index in [0.717, 1.165) is 36.3 Å². The van der Waals surface area contributed by atoms with E-state index in [1.807, 2.05) is 12.1 Å². The molecule has 0 unspecified atom stereocenters. The van der Waals surface area contributed by atoms with Gasteiger partial charge in [0.1, 0.15) is 0 Å². The minimum Gasteiger partial charge on any atom is -0.357 e. The van der Waals surface area contributed by atoms with Crippen LogP contribution in [0.3, 0.4) is 0 Å². The lowest BCUT2D eigenvalue weighted by Gasteiger charge is -2.13. The number of hydrogen-bond acceptors (Lipinski definition) is 3. The molecule has 6 heteroatoms. The molecule has 0 aliphatic carbocycles. The molecular formula is C17H27N5S. The van der Waals surface area contributed by atoms with E-state index in [-0.39, 0.29) is 5.41 Å². The summed E-state index contributed by atoms with van der Waals surface area (Å²) in [6, 6.07) is 4.07. The first-order chi connectivity index (χ1) is 11.0. The van der Waals surface area contributed by atoms with Crippen molar-refractivity contribution in [3.05, 3.63) is 40.6 Å². The van der Waals surface area contributed by atoms with E-state index in [2.05, 4.69) is 70.6 Å². The van der Waals surface area contributed by atoms with E-state index in [1.54, 1.807) is 11.3 Å². The molecule has 2 aromatic heterocycles. The van der Waals surface area contributed by atoms with Crippen LogP contribution in [-0.2, 0) is 18.5 Å². The summed E-state index contributed by atoms with van der Waals surface area (Å²) < 4.78 is 2.15. The molecule has 0 radical (unpaired) electrons. The zero-order valence-electron chi connectivity index (χ0n) is 14.5. The van der Waals surface area contributed by atoms with Gasteiger partial charge >= 0.3 is 0 Å². The third kappa shape index (κ3) is 5.71. The summed E-state index contributed by atoms with van der Waals surface area (Å²) in [6.07, 6.45) is 4.13. The first-order valence-corrected chi connectivity index (χ1v) is 8.95. The summed E-state index contributed by atoms with van der Waals surface area (Å²) in [5.74, 6) is 0.838. The number of thiazole rings is 1. The van der Waals surface area contributed by atoms with Crippen LogP contribution in [0.4, 0.5) is 0 Å². The van der Waals surface area contributed by atoms with Gasteiger partial charge in [0, 0.05) is 42.8 Å². The number of nitrogens with zero attached hydrogens (tertiary/aromatic N) is 3. The van der Waals surface area contributed by atoms with Crippen LogP contribution < -0.4 is 10.6 Å². The van der Waals surface area contributed by atoms with Crippen molar-refractivity contribution in [2.75, 3.05) is 13.1 Å². The van der Waals surface area contributed by atoms with Crippen LogP contribution in [0.15, 0.2) is 34.9 Å². The van der Waals surface area contributed by atoms with Crippen molar-refractivity contribution in [1.82, 2.24) is 20.2 Å². The van der Waals surface area contributed by atoms with Crippen molar-refractivity contribution in [3.8, 4) is 0 Å². The van der Waals surface area contributed by atoms with Gasteiger partial charge in [-0.05, 0) is 19.1 Å². The van der Waals surface area contributed by atoms with Gasteiger partial charge in [-0.1, -0.05) is 20.8 Å². The molecule has 5 nitrogen and oxygen atoms in total. The molecular weight excluding hydrogens is 306 g/mol. The molecule has 0 saturated carbocycles. The second kappa shape index (κ2) is 8.15. The highest BCUT2D eigenvalue weighted by atomic mass is 32.1. The molecule has 0 amide bonds. The maximum Gasteiger partial charge on any atom is 0.191 e.